The molecule has 0 nitrogen and oxygen atoms in total. The van der Waals surface area contributed by atoms with Crippen molar-refractivity contribution in [3.8, 4) is 0 Å². The zero-order chi connectivity index (χ0) is 20.7. The second-order valence-corrected chi connectivity index (χ2v) is 66.2. The Labute approximate surface area is 169 Å². The second kappa shape index (κ2) is 6.03. The molecule has 1 heterocycles. The molecule has 2 aliphatic rings. The third-order valence-corrected chi connectivity index (χ3v) is 123. The lowest BCUT2D eigenvalue weighted by Gasteiger charge is -2.65. The van der Waals surface area contributed by atoms with Gasteiger partial charge in [-0.3, -0.25) is 0 Å². The highest BCUT2D eigenvalue weighted by atomic mass is 30.2. The van der Waals surface area contributed by atoms with Crippen LogP contribution in [0, 0.1) is 0 Å². The van der Waals surface area contributed by atoms with E-state index >= 15 is 0 Å². The summed E-state index contributed by atoms with van der Waals surface area (Å²) in [5.41, 5.74) is 6.88. The van der Waals surface area contributed by atoms with E-state index in [0.29, 0.717) is 5.04 Å². The predicted molar refractivity (Wildman–Crippen MR) is 136 cm³/mol. The Morgan fingerprint density at radius 2 is 0.885 bits per heavy atom. The lowest BCUT2D eigenvalue weighted by Crippen LogP contribution is -2.92. The van der Waals surface area contributed by atoms with Crippen molar-refractivity contribution in [2.24, 2.45) is 0 Å². The highest BCUT2D eigenvalue weighted by Crippen LogP contribution is 2.72. The Balaban J connectivity index is 2.97. The first-order valence-corrected chi connectivity index (χ1v) is 29.6. The molecule has 0 bridgehead atoms. The van der Waals surface area contributed by atoms with Crippen LogP contribution in [0.2, 0.25) is 76.0 Å². The van der Waals surface area contributed by atoms with Gasteiger partial charge in [-0.15, -0.1) is 0 Å². The molecule has 2 rings (SSSR count). The summed E-state index contributed by atoms with van der Waals surface area (Å²) < 4.78 is 0. The van der Waals surface area contributed by atoms with E-state index in [1.807, 2.05) is 0 Å². The van der Waals surface area contributed by atoms with Crippen molar-refractivity contribution in [1.29, 1.82) is 0 Å². The van der Waals surface area contributed by atoms with E-state index in [4.69, 9.17) is 0 Å². The SMILES string of the molecule is CC1=C(C)C(C)([Si]2([Si]([Si](C)(C)C)([Si](C)(C)C)[Si](C)(C)C)CC2)C(C)=C1C. The molecule has 1 saturated heterocycles. The highest BCUT2D eigenvalue weighted by molar-refractivity contribution is 8.07. The van der Waals surface area contributed by atoms with E-state index in [1.54, 1.807) is 34.4 Å². The van der Waals surface area contributed by atoms with Gasteiger partial charge in [0.05, 0.1) is 7.59 Å². The van der Waals surface area contributed by atoms with Crippen molar-refractivity contribution in [2.45, 2.75) is 111 Å². The van der Waals surface area contributed by atoms with Gasteiger partial charge in [-0.2, -0.15) is 0 Å². The van der Waals surface area contributed by atoms with Crippen molar-refractivity contribution in [2.75, 3.05) is 0 Å². The van der Waals surface area contributed by atoms with Gasteiger partial charge in [0.15, 0.2) is 0 Å². The Morgan fingerprint density at radius 3 is 1.08 bits per heavy atom. The summed E-state index contributed by atoms with van der Waals surface area (Å²) in [5, 5.41) is 0.480. The van der Waals surface area contributed by atoms with Crippen LogP contribution in [0.1, 0.15) is 34.6 Å². The van der Waals surface area contributed by atoms with Crippen molar-refractivity contribution in [3.05, 3.63) is 22.3 Å². The molecule has 0 saturated carbocycles. The number of rotatable bonds is 5. The van der Waals surface area contributed by atoms with Crippen LogP contribution in [0.3, 0.4) is 0 Å². The first-order valence-electron chi connectivity index (χ1n) is 10.7. The topological polar surface area (TPSA) is 0 Å². The molecule has 0 spiro atoms. The average molecular weight is 439 g/mol. The van der Waals surface area contributed by atoms with E-state index in [-0.39, 0.29) is 0 Å². The van der Waals surface area contributed by atoms with E-state index in [2.05, 4.69) is 93.5 Å². The van der Waals surface area contributed by atoms with Gasteiger partial charge >= 0.3 is 0 Å². The zero-order valence-electron chi connectivity index (χ0n) is 20.4. The zero-order valence-corrected chi connectivity index (χ0v) is 25.4. The Morgan fingerprint density at radius 1 is 0.615 bits per heavy atom. The maximum Gasteiger partial charge on any atom is 0.0559 e. The molecule has 26 heavy (non-hydrogen) atoms. The Bertz CT molecular complexity index is 613. The number of hydrogen-bond donors (Lipinski definition) is 0. The summed E-state index contributed by atoms with van der Waals surface area (Å²) in [6.07, 6.45) is -1.31. The van der Waals surface area contributed by atoms with Gasteiger partial charge in [0.25, 0.3) is 0 Å². The Kier molecular flexibility index (Phi) is 5.30. The fourth-order valence-electron chi connectivity index (χ4n) is 9.22. The molecule has 0 atom stereocenters. The van der Waals surface area contributed by atoms with Crippen molar-refractivity contribution >= 4 is 36.5 Å². The minimum atomic E-state index is -1.33. The molecule has 0 aromatic heterocycles. The predicted octanol–water partition coefficient (Wildman–Crippen LogP) is 7.67. The first kappa shape index (κ1) is 22.8. The summed E-state index contributed by atoms with van der Waals surface area (Å²) in [5.74, 6) is 0. The van der Waals surface area contributed by atoms with Crippen molar-refractivity contribution < 1.29 is 0 Å². The molecule has 0 aromatic rings. The van der Waals surface area contributed by atoms with Crippen LogP contribution in [0.5, 0.6) is 0 Å². The van der Waals surface area contributed by atoms with Crippen molar-refractivity contribution in [3.63, 3.8) is 0 Å². The average Bonchev–Trinajstić information content (AvgIpc) is 3.17. The molecule has 1 fully saturated rings. The van der Waals surface area contributed by atoms with Crippen LogP contribution < -0.4 is 0 Å². The largest absolute Gasteiger partial charge is 0.0720 e. The number of hydrogen-bond acceptors (Lipinski definition) is 0. The molecular formula is C21H46Si5. The van der Waals surface area contributed by atoms with Crippen LogP contribution in [-0.4, -0.2) is 36.5 Å². The first-order chi connectivity index (χ1) is 11.3. The Hall–Kier alpha value is 0.564. The lowest BCUT2D eigenvalue weighted by molar-refractivity contribution is 0.819. The summed E-state index contributed by atoms with van der Waals surface area (Å²) in [6, 6.07) is 3.31. The normalized spacial score (nSPS) is 23.8. The van der Waals surface area contributed by atoms with Gasteiger partial charge in [-0.25, -0.2) is 0 Å². The fourth-order valence-corrected chi connectivity index (χ4v) is 179. The van der Waals surface area contributed by atoms with E-state index < -0.39 is 36.5 Å². The molecule has 0 unspecified atom stereocenters. The molecular weight excluding hydrogens is 393 g/mol. The van der Waals surface area contributed by atoms with Crippen LogP contribution >= 0.6 is 0 Å². The monoisotopic (exact) mass is 438 g/mol. The van der Waals surface area contributed by atoms with Gasteiger partial charge < -0.3 is 0 Å². The molecule has 0 aromatic carbocycles. The summed E-state index contributed by atoms with van der Waals surface area (Å²) in [6.45, 7) is 38.0. The lowest BCUT2D eigenvalue weighted by atomic mass is 9.98. The van der Waals surface area contributed by atoms with E-state index in [9.17, 15) is 0 Å². The number of allylic oxidation sites excluding steroid dienone is 4. The van der Waals surface area contributed by atoms with Crippen LogP contribution in [-0.2, 0) is 0 Å². The second-order valence-electron chi connectivity index (χ2n) is 12.7. The minimum absolute atomic E-state index is 0.480. The molecule has 150 valence electrons. The molecule has 5 heteroatoms. The molecule has 0 N–H and O–H groups in total. The van der Waals surface area contributed by atoms with Gasteiger partial charge in [0.1, 0.15) is 0 Å². The minimum Gasteiger partial charge on any atom is -0.0720 e. The van der Waals surface area contributed by atoms with Crippen LogP contribution in [0.4, 0.5) is 0 Å². The van der Waals surface area contributed by atoms with Gasteiger partial charge in [-0.1, -0.05) is 89.1 Å². The summed E-state index contributed by atoms with van der Waals surface area (Å²) in [7, 11) is -4.99. The van der Waals surface area contributed by atoms with Gasteiger partial charge in [-0.05, 0) is 38.8 Å². The standard InChI is InChI=1S/C21H46Si5/c1-17-18(2)20(4)21(5,19(17)3)25(15-16-25)26(22(6,7)8,23(9,10)11)24(12,13)14/h15-16H2,1-14H3. The van der Waals surface area contributed by atoms with E-state index in [1.165, 1.54) is 0 Å². The molecule has 1 aliphatic carbocycles. The van der Waals surface area contributed by atoms with E-state index in [0.717, 1.165) is 0 Å². The third-order valence-electron chi connectivity index (χ3n) is 8.99. The highest BCUT2D eigenvalue weighted by Gasteiger charge is 2.80. The molecule has 0 radical (unpaired) electrons. The maximum absolute atomic E-state index is 2.82. The third kappa shape index (κ3) is 2.45. The maximum atomic E-state index is 2.82. The quantitative estimate of drug-likeness (QED) is 0.386. The summed E-state index contributed by atoms with van der Waals surface area (Å²) in [4.78, 5) is 0. The smallest absolute Gasteiger partial charge is 0.0559 e. The van der Waals surface area contributed by atoms with Gasteiger partial charge in [0, 0.05) is 34.0 Å². The fraction of sp³-hybridized carbons (Fsp3) is 0.810. The van der Waals surface area contributed by atoms with Crippen LogP contribution in [0.25, 0.3) is 0 Å². The molecule has 0 amide bonds. The molecule has 1 aliphatic heterocycles. The van der Waals surface area contributed by atoms with Crippen molar-refractivity contribution in [1.82, 2.24) is 0 Å². The summed E-state index contributed by atoms with van der Waals surface area (Å²) >= 11 is 0. The van der Waals surface area contributed by atoms with Crippen LogP contribution in [0.15, 0.2) is 22.3 Å². The van der Waals surface area contributed by atoms with Gasteiger partial charge in [0.2, 0.25) is 0 Å².